The number of rotatable bonds is 25. The lowest BCUT2D eigenvalue weighted by atomic mass is 9.96. The molecule has 0 saturated carbocycles. The number of anilines is 5. The number of methoxy groups -OCH3 is 1. The number of benzene rings is 12. The van der Waals surface area contributed by atoms with Gasteiger partial charge in [-0.2, -0.15) is 4.31 Å². The van der Waals surface area contributed by atoms with Crippen molar-refractivity contribution in [3.8, 4) is 5.75 Å². The predicted octanol–water partition coefficient (Wildman–Crippen LogP) is 19.3. The van der Waals surface area contributed by atoms with Crippen molar-refractivity contribution in [2.24, 2.45) is 0 Å². The topological polar surface area (TPSA) is 420 Å². The molecule has 6 atom stereocenters. The normalized spacial score (nSPS) is 17.4. The lowest BCUT2D eigenvalue weighted by molar-refractivity contribution is -0.142. The summed E-state index contributed by atoms with van der Waals surface area (Å²) in [6, 6.07) is 82.4. The number of carbonyl (C=O) groups is 5. The van der Waals surface area contributed by atoms with E-state index in [-0.39, 0.29) is 57.3 Å². The molecule has 39 heteroatoms. The molecule has 0 bridgehead atoms. The molecule has 6 heterocycles. The Kier molecular flexibility index (Phi) is 35.1. The summed E-state index contributed by atoms with van der Waals surface area (Å²) >= 11 is 23.7. The molecule has 0 aliphatic carbocycles. The van der Waals surface area contributed by atoms with Crippen molar-refractivity contribution in [3.05, 3.63) is 422 Å². The lowest BCUT2D eigenvalue weighted by Gasteiger charge is -2.32. The van der Waals surface area contributed by atoms with Crippen LogP contribution in [-0.4, -0.2) is 155 Å². The maximum absolute atomic E-state index is 12.9. The summed E-state index contributed by atoms with van der Waals surface area (Å²) in [6.45, 7) is 2.02. The van der Waals surface area contributed by atoms with E-state index in [0.29, 0.717) is 87.5 Å². The van der Waals surface area contributed by atoms with E-state index in [1.807, 2.05) is 104 Å². The van der Waals surface area contributed by atoms with Gasteiger partial charge in [0.05, 0.1) is 75.6 Å². The SMILES string of the molecule is CC1Cc2ccccc2N1S(=O)(=O)/C=C/c1ccccc1.COc1cccc2c1CC(C(=O)O)N2S(=O)(=O)/C=C/c1ccccc1Cl.O=C(O)C1CN(S(=O)(=O)/C=C/c2ccc(Cl)cc2)c2ccccc21.O=C(O)C1Cc2ccccc2CN1S(=O)(=O)/C=C/c1ccccc1.O=C(O)CC1CN(S(=O)(=O)/C=C/c2ccc(Cl)cc2)c2ccccc21.O=C(O)[C@H]1Cc2ccccc2N1S(=O)(=O)/C=C/c1ccccc1Cl. The number of halogens is 4. The summed E-state index contributed by atoms with van der Waals surface area (Å²) in [4.78, 5) is 57.2. The molecule has 746 valence electrons. The molecule has 5 unspecified atom stereocenters. The molecule has 0 fully saturated rings. The maximum Gasteiger partial charge on any atom is 0.327 e. The molecule has 0 radical (unpaired) electrons. The Morgan fingerprint density at radius 2 is 0.694 bits per heavy atom. The number of ether oxygens (including phenoxy) is 1. The van der Waals surface area contributed by atoms with Crippen LogP contribution >= 0.6 is 46.4 Å². The van der Waals surface area contributed by atoms with E-state index in [1.165, 1.54) is 51.5 Å². The Balaban J connectivity index is 0.000000145. The van der Waals surface area contributed by atoms with Crippen LogP contribution in [0, 0.1) is 0 Å². The van der Waals surface area contributed by atoms with Gasteiger partial charge in [0.2, 0.25) is 10.0 Å². The van der Waals surface area contributed by atoms with Gasteiger partial charge in [0.25, 0.3) is 50.1 Å². The van der Waals surface area contributed by atoms with Crippen LogP contribution in [-0.2, 0) is 116 Å². The molecule has 0 amide bonds. The van der Waals surface area contributed by atoms with E-state index in [4.69, 9.17) is 56.2 Å². The van der Waals surface area contributed by atoms with Gasteiger partial charge in [-0.3, -0.25) is 35.9 Å². The predicted molar refractivity (Wildman–Crippen MR) is 563 cm³/mol. The van der Waals surface area contributed by atoms with Crippen molar-refractivity contribution in [1.29, 1.82) is 0 Å². The summed E-state index contributed by atoms with van der Waals surface area (Å²) in [5.41, 5.74) is 11.8. The zero-order valence-electron chi connectivity index (χ0n) is 76.6. The van der Waals surface area contributed by atoms with E-state index >= 15 is 0 Å². The number of hydrogen-bond donors (Lipinski definition) is 5. The van der Waals surface area contributed by atoms with Crippen LogP contribution in [0.1, 0.15) is 97.5 Å². The molecule has 0 aromatic heterocycles. The molecule has 29 nitrogen and oxygen atoms in total. The van der Waals surface area contributed by atoms with Gasteiger partial charge in [0.1, 0.15) is 29.8 Å². The van der Waals surface area contributed by atoms with Crippen LogP contribution in [0.4, 0.5) is 28.4 Å². The first-order valence-electron chi connectivity index (χ1n) is 44.1. The Morgan fingerprint density at radius 1 is 0.333 bits per heavy atom. The molecular formula is C105H94Cl4N6O23S6. The van der Waals surface area contributed by atoms with Crippen molar-refractivity contribution >= 4 is 201 Å². The van der Waals surface area contributed by atoms with E-state index in [2.05, 4.69) is 0 Å². The molecule has 144 heavy (non-hydrogen) atoms. The minimum absolute atomic E-state index is 0.0356. The molecule has 12 aromatic carbocycles. The minimum Gasteiger partial charge on any atom is -0.496 e. The van der Waals surface area contributed by atoms with Crippen LogP contribution in [0.5, 0.6) is 5.75 Å². The van der Waals surface area contributed by atoms with E-state index in [1.54, 1.807) is 206 Å². The number of aliphatic carboxylic acids is 5. The summed E-state index contributed by atoms with van der Waals surface area (Å²) in [5, 5.41) is 55.3. The van der Waals surface area contributed by atoms with Crippen molar-refractivity contribution in [2.75, 3.05) is 41.7 Å². The fourth-order valence-electron chi connectivity index (χ4n) is 16.7. The standard InChI is InChI=1S/C18H16ClNO5S.C18H16ClNO4S.C18H17NO4S.2C17H14ClNO4S.C17H17NO2S/c1-25-17-8-4-7-15-13(17)11-16(18(21)22)20(15)26(23,24)10-9-12-5-2-3-6-14(12)19;19-15-7-5-13(6-8-15)9-10-25(23,24)20-12-14(11-18(21)22)16-3-1-2-4-17(16)20;20-18(21)17-12-15-8-4-5-9-16(15)13-19(17)24(22,23)11-10-14-6-2-1-3-7-14;18-14-7-3-1-5-12(14)9-10-24(22,23)19-15-8-4-2-6-13(15)11-16(19)17(20)21;18-13-7-5-12(6-8-13)9-10-24(22,23)19-11-15(17(20)21)14-3-1-2-4-16(14)19;1-14-13-16-9-5-6-10-17(16)18(14)21(19,20)12-11-15-7-3-2-4-8-15/h2-10,16H,11H2,1H3,(H,21,22);1-10,14H,11-12H2,(H,21,22);1-11,17H,12-13H2,(H,20,21);1-10,16H,11H2,(H,20,21);1-10,15H,11H2,(H,20,21);2-12,14H,13H2,1H3/b2*10-9+;11-10+;2*10-9+;12-11+/t;;;16-;;/m...1../s1. The minimum atomic E-state index is -4.05. The average Bonchev–Trinajstić information content (AvgIpc) is 1.59. The number of carboxylic acids is 5. The second-order valence-corrected chi connectivity index (χ2v) is 45.1. The van der Waals surface area contributed by atoms with E-state index in [0.717, 1.165) is 89.8 Å². The highest BCUT2D eigenvalue weighted by Crippen LogP contribution is 2.45. The fourth-order valence-corrected chi connectivity index (χ4v) is 25.5. The Hall–Kier alpha value is -14.0. The van der Waals surface area contributed by atoms with Gasteiger partial charge >= 0.3 is 29.8 Å². The largest absolute Gasteiger partial charge is 0.496 e. The average molecular weight is 2140 g/mol. The molecule has 0 saturated heterocycles. The summed E-state index contributed by atoms with van der Waals surface area (Å²) in [5.74, 6) is -6.29. The zero-order valence-corrected chi connectivity index (χ0v) is 84.5. The van der Waals surface area contributed by atoms with E-state index in [9.17, 15) is 94.9 Å². The quantitative estimate of drug-likeness (QED) is 0.0355. The van der Waals surface area contributed by atoms with Crippen molar-refractivity contribution in [1.82, 2.24) is 4.31 Å². The van der Waals surface area contributed by atoms with Gasteiger partial charge in [0.15, 0.2) is 0 Å². The number of nitrogens with zero attached hydrogens (tertiary/aromatic N) is 6. The molecule has 12 aromatic rings. The lowest BCUT2D eigenvalue weighted by Crippen LogP contribution is -2.47. The van der Waals surface area contributed by atoms with Crippen LogP contribution in [0.25, 0.3) is 36.5 Å². The van der Waals surface area contributed by atoms with Gasteiger partial charge in [-0.25, -0.2) is 60.1 Å². The van der Waals surface area contributed by atoms with Crippen molar-refractivity contribution in [2.45, 2.75) is 81.6 Å². The number of hydrogen-bond acceptors (Lipinski definition) is 18. The Labute approximate surface area is 854 Å². The van der Waals surface area contributed by atoms with E-state index < -0.39 is 114 Å². The first-order valence-corrected chi connectivity index (χ1v) is 54.7. The third-order valence-corrected chi connectivity index (χ3v) is 33.7. The fraction of sp³-hybridized carbons (Fsp3) is 0.152. The van der Waals surface area contributed by atoms with Crippen LogP contribution < -0.4 is 26.3 Å². The third-order valence-electron chi connectivity index (χ3n) is 23.5. The van der Waals surface area contributed by atoms with Crippen LogP contribution in [0.2, 0.25) is 20.1 Å². The first-order chi connectivity index (χ1) is 68.5. The highest BCUT2D eigenvalue weighted by atomic mass is 35.5. The Morgan fingerprint density at radius 3 is 1.17 bits per heavy atom. The van der Waals surface area contributed by atoms with Gasteiger partial charge in [-0.15, -0.1) is 0 Å². The van der Waals surface area contributed by atoms with Crippen molar-refractivity contribution in [3.63, 3.8) is 0 Å². The highest BCUT2D eigenvalue weighted by Gasteiger charge is 2.45. The van der Waals surface area contributed by atoms with Crippen molar-refractivity contribution < 1.29 is 105 Å². The molecule has 5 N–H and O–H groups in total. The molecule has 6 aliphatic heterocycles. The second kappa shape index (κ2) is 47.1. The van der Waals surface area contributed by atoms with Crippen LogP contribution in [0.15, 0.2) is 330 Å². The monoisotopic (exact) mass is 2140 g/mol. The third kappa shape index (κ3) is 26.5. The van der Waals surface area contributed by atoms with Gasteiger partial charge < -0.3 is 30.3 Å². The van der Waals surface area contributed by atoms with Crippen LogP contribution in [0.3, 0.4) is 0 Å². The Bertz CT molecular complexity index is 7720. The number of carboxylic acid groups (broad SMARTS) is 5. The molecular weight excluding hydrogens is 2050 g/mol. The first kappa shape index (κ1) is 107. The zero-order chi connectivity index (χ0) is 104. The smallest absolute Gasteiger partial charge is 0.327 e. The molecule has 0 spiro atoms. The summed E-state index contributed by atoms with van der Waals surface area (Å²) in [7, 11) is -21.4. The number of fused-ring (bicyclic) bond motifs is 6. The second-order valence-electron chi connectivity index (χ2n) is 33.1. The highest BCUT2D eigenvalue weighted by molar-refractivity contribution is 7.97. The van der Waals surface area contributed by atoms with Gasteiger partial charge in [-0.05, 0) is 189 Å². The number of sulfonamides is 6. The molecule has 6 aliphatic rings. The summed E-state index contributed by atoms with van der Waals surface area (Å²) in [6.07, 6.45) is 9.81. The maximum atomic E-state index is 12.9. The van der Waals surface area contributed by atoms with Gasteiger partial charge in [0, 0.05) is 75.4 Å². The molecule has 18 rings (SSSR count). The van der Waals surface area contributed by atoms with Gasteiger partial charge in [-0.1, -0.05) is 271 Å². The summed E-state index contributed by atoms with van der Waals surface area (Å²) < 4.78 is 165. The number of para-hydroxylation sites is 4.